The Kier molecular flexibility index (Phi) is 3.40. The summed E-state index contributed by atoms with van der Waals surface area (Å²) in [6.07, 6.45) is 5.41. The smallest absolute Gasteiger partial charge is 0.305 e. The number of hydrogen-bond acceptors (Lipinski definition) is 2. The molecule has 1 rings (SSSR count). The summed E-state index contributed by atoms with van der Waals surface area (Å²) in [5.41, 5.74) is 0. The average Bonchev–Trinajstić information content (AvgIpc) is 2.04. The molecule has 0 unspecified atom stereocenters. The van der Waals surface area contributed by atoms with Gasteiger partial charge >= 0.3 is 5.97 Å². The highest BCUT2D eigenvalue weighted by atomic mass is 16.5. The van der Waals surface area contributed by atoms with Crippen LogP contribution in [0.1, 0.15) is 39.0 Å². The molecule has 0 aromatic rings. The number of unbranched alkanes of at least 4 members (excludes halogenated alkanes) is 1. The van der Waals surface area contributed by atoms with Crippen LogP contribution in [0.4, 0.5) is 0 Å². The summed E-state index contributed by atoms with van der Waals surface area (Å²) in [4.78, 5) is 10.7. The van der Waals surface area contributed by atoms with Crippen LogP contribution >= 0.6 is 0 Å². The maximum absolute atomic E-state index is 10.7. The zero-order valence-corrected chi connectivity index (χ0v) is 7.14. The molecule has 2 heteroatoms. The molecule has 64 valence electrons. The van der Waals surface area contributed by atoms with Crippen molar-refractivity contribution in [3.8, 4) is 0 Å². The lowest BCUT2D eigenvalue weighted by Gasteiger charge is -2.20. The van der Waals surface area contributed by atoms with Crippen LogP contribution in [0.15, 0.2) is 0 Å². The van der Waals surface area contributed by atoms with Gasteiger partial charge in [0.25, 0.3) is 0 Å². The van der Waals surface area contributed by atoms with E-state index in [4.69, 9.17) is 4.74 Å². The highest BCUT2D eigenvalue weighted by Crippen LogP contribution is 2.19. The van der Waals surface area contributed by atoms with E-state index in [1.165, 1.54) is 19.3 Å². The van der Waals surface area contributed by atoms with Gasteiger partial charge in [-0.3, -0.25) is 4.79 Å². The molecule has 0 aromatic carbocycles. The van der Waals surface area contributed by atoms with E-state index >= 15 is 0 Å². The van der Waals surface area contributed by atoms with Crippen LogP contribution in [-0.4, -0.2) is 12.6 Å². The van der Waals surface area contributed by atoms with E-state index in [-0.39, 0.29) is 5.97 Å². The van der Waals surface area contributed by atoms with Crippen molar-refractivity contribution in [1.29, 1.82) is 0 Å². The number of ether oxygens (including phenoxy) is 1. The van der Waals surface area contributed by atoms with E-state index in [1.54, 1.807) is 0 Å². The maximum atomic E-state index is 10.7. The van der Waals surface area contributed by atoms with Crippen molar-refractivity contribution < 1.29 is 9.53 Å². The zero-order valence-electron chi connectivity index (χ0n) is 7.14. The number of hydrogen-bond donors (Lipinski definition) is 0. The Labute approximate surface area is 67.9 Å². The lowest BCUT2D eigenvalue weighted by molar-refractivity contribution is -0.149. The van der Waals surface area contributed by atoms with Crippen molar-refractivity contribution in [2.75, 3.05) is 6.61 Å². The number of esters is 1. The summed E-state index contributed by atoms with van der Waals surface area (Å²) in [5.74, 6) is 0.630. The molecule has 1 atom stereocenters. The van der Waals surface area contributed by atoms with Crippen molar-refractivity contribution in [1.82, 2.24) is 0 Å². The van der Waals surface area contributed by atoms with Crippen molar-refractivity contribution in [2.45, 2.75) is 39.0 Å². The normalized spacial score (nSPS) is 24.8. The van der Waals surface area contributed by atoms with Crippen molar-refractivity contribution in [3.63, 3.8) is 0 Å². The molecule has 2 nitrogen and oxygen atoms in total. The van der Waals surface area contributed by atoms with Gasteiger partial charge in [0.1, 0.15) is 0 Å². The minimum Gasteiger partial charge on any atom is -0.465 e. The first-order chi connectivity index (χ1) is 5.33. The standard InChI is InChI=1S/C9H16O2/c1-2-3-4-8-5-6-9(10)11-7-8/h8H,2-7H2,1H3/t8-/m0/s1. The molecule has 1 saturated heterocycles. The summed E-state index contributed by atoms with van der Waals surface area (Å²) < 4.78 is 4.95. The fourth-order valence-corrected chi connectivity index (χ4v) is 1.41. The quantitative estimate of drug-likeness (QED) is 0.585. The predicted molar refractivity (Wildman–Crippen MR) is 43.2 cm³/mol. The van der Waals surface area contributed by atoms with Gasteiger partial charge in [0, 0.05) is 6.42 Å². The lowest BCUT2D eigenvalue weighted by atomic mass is 9.96. The van der Waals surface area contributed by atoms with E-state index in [0.29, 0.717) is 18.9 Å². The van der Waals surface area contributed by atoms with Gasteiger partial charge in [-0.25, -0.2) is 0 Å². The minimum atomic E-state index is -0.0160. The molecule has 1 heterocycles. The molecule has 0 radical (unpaired) electrons. The molecule has 0 saturated carbocycles. The molecule has 0 aliphatic carbocycles. The third-order valence-corrected chi connectivity index (χ3v) is 2.20. The monoisotopic (exact) mass is 156 g/mol. The highest BCUT2D eigenvalue weighted by molar-refractivity contribution is 5.69. The second-order valence-electron chi connectivity index (χ2n) is 3.23. The Morgan fingerprint density at radius 2 is 2.45 bits per heavy atom. The zero-order chi connectivity index (χ0) is 8.10. The van der Waals surface area contributed by atoms with Gasteiger partial charge in [-0.2, -0.15) is 0 Å². The first kappa shape index (κ1) is 8.57. The molecule has 0 bridgehead atoms. The molecule has 1 aliphatic rings. The summed E-state index contributed by atoms with van der Waals surface area (Å²) >= 11 is 0. The highest BCUT2D eigenvalue weighted by Gasteiger charge is 2.18. The van der Waals surface area contributed by atoms with E-state index in [9.17, 15) is 4.79 Å². The SMILES string of the molecule is CCCC[C@H]1CCC(=O)OC1. The van der Waals surface area contributed by atoms with Crippen LogP contribution in [-0.2, 0) is 9.53 Å². The van der Waals surface area contributed by atoms with E-state index in [0.717, 1.165) is 6.42 Å². The van der Waals surface area contributed by atoms with Crippen LogP contribution in [0.5, 0.6) is 0 Å². The maximum Gasteiger partial charge on any atom is 0.305 e. The predicted octanol–water partition coefficient (Wildman–Crippen LogP) is 2.13. The average molecular weight is 156 g/mol. The van der Waals surface area contributed by atoms with Crippen LogP contribution in [0.2, 0.25) is 0 Å². The Morgan fingerprint density at radius 3 is 3.00 bits per heavy atom. The molecule has 1 fully saturated rings. The third kappa shape index (κ3) is 2.91. The summed E-state index contributed by atoms with van der Waals surface area (Å²) in [6, 6.07) is 0. The Hall–Kier alpha value is -0.530. The summed E-state index contributed by atoms with van der Waals surface area (Å²) in [6.45, 7) is 2.85. The van der Waals surface area contributed by atoms with Crippen LogP contribution in [0.25, 0.3) is 0 Å². The Bertz CT molecular complexity index is 122. The van der Waals surface area contributed by atoms with Crippen LogP contribution in [0.3, 0.4) is 0 Å². The van der Waals surface area contributed by atoms with E-state index in [2.05, 4.69) is 6.92 Å². The van der Waals surface area contributed by atoms with Crippen LogP contribution in [0, 0.1) is 5.92 Å². The van der Waals surface area contributed by atoms with Crippen molar-refractivity contribution >= 4 is 5.97 Å². The van der Waals surface area contributed by atoms with Gasteiger partial charge in [0.15, 0.2) is 0 Å². The lowest BCUT2D eigenvalue weighted by Crippen LogP contribution is -2.21. The molecule has 0 aromatic heterocycles. The topological polar surface area (TPSA) is 26.3 Å². The second kappa shape index (κ2) is 4.37. The Morgan fingerprint density at radius 1 is 1.64 bits per heavy atom. The molecule has 0 amide bonds. The van der Waals surface area contributed by atoms with Gasteiger partial charge in [-0.15, -0.1) is 0 Å². The summed E-state index contributed by atoms with van der Waals surface area (Å²) in [5, 5.41) is 0. The first-order valence-electron chi connectivity index (χ1n) is 4.48. The number of rotatable bonds is 3. The molecular formula is C9H16O2. The van der Waals surface area contributed by atoms with Gasteiger partial charge in [-0.1, -0.05) is 19.8 Å². The fourth-order valence-electron chi connectivity index (χ4n) is 1.41. The third-order valence-electron chi connectivity index (χ3n) is 2.20. The molecule has 1 aliphatic heterocycles. The summed E-state index contributed by atoms with van der Waals surface area (Å²) in [7, 11) is 0. The number of carbonyl (C=O) groups excluding carboxylic acids is 1. The number of carbonyl (C=O) groups is 1. The largest absolute Gasteiger partial charge is 0.465 e. The van der Waals surface area contributed by atoms with E-state index in [1.807, 2.05) is 0 Å². The minimum absolute atomic E-state index is 0.0160. The Balaban J connectivity index is 2.12. The first-order valence-corrected chi connectivity index (χ1v) is 4.48. The molecule has 0 N–H and O–H groups in total. The van der Waals surface area contributed by atoms with Crippen molar-refractivity contribution in [3.05, 3.63) is 0 Å². The van der Waals surface area contributed by atoms with Crippen molar-refractivity contribution in [2.24, 2.45) is 5.92 Å². The van der Waals surface area contributed by atoms with Gasteiger partial charge < -0.3 is 4.74 Å². The molecular weight excluding hydrogens is 140 g/mol. The second-order valence-corrected chi connectivity index (χ2v) is 3.23. The molecule has 11 heavy (non-hydrogen) atoms. The van der Waals surface area contributed by atoms with Gasteiger partial charge in [0.05, 0.1) is 6.61 Å². The fraction of sp³-hybridized carbons (Fsp3) is 0.889. The number of cyclic esters (lactones) is 1. The van der Waals surface area contributed by atoms with Crippen LogP contribution < -0.4 is 0 Å². The molecule has 0 spiro atoms. The van der Waals surface area contributed by atoms with E-state index < -0.39 is 0 Å². The van der Waals surface area contributed by atoms with Gasteiger partial charge in [-0.05, 0) is 18.8 Å². The van der Waals surface area contributed by atoms with Gasteiger partial charge in [0.2, 0.25) is 0 Å².